The van der Waals surface area contributed by atoms with Crippen molar-refractivity contribution in [2.24, 2.45) is 0 Å². The van der Waals surface area contributed by atoms with Crippen LogP contribution in [0.1, 0.15) is 117 Å². The van der Waals surface area contributed by atoms with Gasteiger partial charge < -0.3 is 40.3 Å². The van der Waals surface area contributed by atoms with Crippen LogP contribution in [0.3, 0.4) is 0 Å². The fourth-order valence-corrected chi connectivity index (χ4v) is 5.79. The van der Waals surface area contributed by atoms with E-state index in [0.29, 0.717) is 12.8 Å². The number of amides is 1. The molecule has 14 heteroatoms. The Balaban J connectivity index is 2.80. The maximum atomic E-state index is 12.9. The van der Waals surface area contributed by atoms with E-state index in [9.17, 15) is 38.7 Å². The molecule has 1 aliphatic heterocycles. The molecule has 1 rings (SSSR count). The van der Waals surface area contributed by atoms with Crippen LogP contribution >= 0.6 is 0 Å². The maximum absolute atomic E-state index is 12.9. The molecule has 0 aliphatic carbocycles. The molecule has 0 bridgehead atoms. The molecule has 0 saturated carbocycles. The lowest BCUT2D eigenvalue weighted by Crippen LogP contribution is -2.61. The highest BCUT2D eigenvalue weighted by atomic mass is 32.3. The summed E-state index contributed by atoms with van der Waals surface area (Å²) in [6.45, 7) is 3.04. The van der Waals surface area contributed by atoms with Crippen LogP contribution in [-0.2, 0) is 28.9 Å². The molecule has 0 aromatic heterocycles. The molecule has 1 heterocycles. The van der Waals surface area contributed by atoms with Gasteiger partial charge in [0.1, 0.15) is 30.5 Å². The molecular weight excluding hydrogens is 658 g/mol. The summed E-state index contributed by atoms with van der Waals surface area (Å²) in [4.78, 5) is 12.9. The third-order valence-electron chi connectivity index (χ3n) is 8.25. The second-order valence-electron chi connectivity index (χ2n) is 12.6. The van der Waals surface area contributed by atoms with E-state index >= 15 is 0 Å². The third kappa shape index (κ3) is 20.7. The smallest absolute Gasteiger partial charge is 0.394 e. The van der Waals surface area contributed by atoms with Gasteiger partial charge in [-0.25, -0.2) is 4.18 Å². The van der Waals surface area contributed by atoms with Crippen molar-refractivity contribution in [3.8, 4) is 0 Å². The fraction of sp³-hybridized carbons (Fsp3) is 0.800. The number of aliphatic hydroxyl groups is 5. The Morgan fingerprint density at radius 1 is 0.816 bits per heavy atom. The van der Waals surface area contributed by atoms with Crippen LogP contribution < -0.4 is 5.32 Å². The summed E-state index contributed by atoms with van der Waals surface area (Å²) in [5.41, 5.74) is 0. The zero-order valence-corrected chi connectivity index (χ0v) is 30.2. The average molecular weight is 722 g/mol. The number of carbonyl (C=O) groups excluding carboxylic acids is 1. The van der Waals surface area contributed by atoms with E-state index in [-0.39, 0.29) is 6.42 Å². The molecule has 1 amide bonds. The van der Waals surface area contributed by atoms with Gasteiger partial charge in [-0.3, -0.25) is 9.35 Å². The first-order chi connectivity index (χ1) is 23.4. The number of hydrogen-bond donors (Lipinski definition) is 7. The Hall–Kier alpha value is -1.72. The van der Waals surface area contributed by atoms with E-state index in [1.54, 1.807) is 6.08 Å². The molecule has 0 aromatic rings. The van der Waals surface area contributed by atoms with Gasteiger partial charge in [0.25, 0.3) is 0 Å². The molecule has 0 spiro atoms. The van der Waals surface area contributed by atoms with Crippen molar-refractivity contribution in [1.82, 2.24) is 5.32 Å². The largest absolute Gasteiger partial charge is 0.397 e. The van der Waals surface area contributed by atoms with Crippen LogP contribution in [0, 0.1) is 0 Å². The lowest BCUT2D eigenvalue weighted by atomic mass is 9.99. The van der Waals surface area contributed by atoms with Gasteiger partial charge in [-0.15, -0.1) is 0 Å². The molecule has 1 saturated heterocycles. The highest BCUT2D eigenvalue weighted by Gasteiger charge is 2.48. The maximum Gasteiger partial charge on any atom is 0.397 e. The van der Waals surface area contributed by atoms with Gasteiger partial charge in [0, 0.05) is 0 Å². The second-order valence-corrected chi connectivity index (χ2v) is 13.6. The predicted octanol–water partition coefficient (Wildman–Crippen LogP) is 3.79. The van der Waals surface area contributed by atoms with E-state index in [1.807, 2.05) is 0 Å². The second kappa shape index (κ2) is 27.0. The Morgan fingerprint density at radius 3 is 2.00 bits per heavy atom. The van der Waals surface area contributed by atoms with Gasteiger partial charge in [-0.2, -0.15) is 8.42 Å². The van der Waals surface area contributed by atoms with Crippen molar-refractivity contribution in [3.05, 3.63) is 36.5 Å². The van der Waals surface area contributed by atoms with E-state index < -0.39 is 78.5 Å². The molecule has 8 atom stereocenters. The van der Waals surface area contributed by atoms with Gasteiger partial charge in [0.05, 0.1) is 25.4 Å². The zero-order valence-electron chi connectivity index (χ0n) is 29.4. The Bertz CT molecular complexity index is 1050. The van der Waals surface area contributed by atoms with Crippen molar-refractivity contribution < 1.29 is 57.0 Å². The molecule has 13 nitrogen and oxygen atoms in total. The highest BCUT2D eigenvalue weighted by Crippen LogP contribution is 2.26. The van der Waals surface area contributed by atoms with Crippen LogP contribution in [0.2, 0.25) is 0 Å². The lowest BCUT2D eigenvalue weighted by Gasteiger charge is -2.41. The highest BCUT2D eigenvalue weighted by molar-refractivity contribution is 7.80. The summed E-state index contributed by atoms with van der Waals surface area (Å²) in [6.07, 6.45) is 15.6. The molecule has 8 unspecified atom stereocenters. The summed E-state index contributed by atoms with van der Waals surface area (Å²) >= 11 is 0. The molecule has 0 aromatic carbocycles. The van der Waals surface area contributed by atoms with E-state index in [4.69, 9.17) is 14.0 Å². The number of aliphatic hydroxyl groups excluding tert-OH is 5. The first-order valence-corrected chi connectivity index (χ1v) is 19.3. The molecule has 1 aliphatic rings. The summed E-state index contributed by atoms with van der Waals surface area (Å²) < 4.78 is 47.1. The minimum atomic E-state index is -5.11. The minimum Gasteiger partial charge on any atom is -0.394 e. The van der Waals surface area contributed by atoms with Gasteiger partial charge in [0.2, 0.25) is 5.91 Å². The van der Waals surface area contributed by atoms with Crippen molar-refractivity contribution in [2.45, 2.75) is 166 Å². The third-order valence-corrected chi connectivity index (χ3v) is 8.72. The lowest BCUT2D eigenvalue weighted by molar-refractivity contribution is -0.298. The molecule has 1 fully saturated rings. The first-order valence-electron chi connectivity index (χ1n) is 18.0. The van der Waals surface area contributed by atoms with Crippen LogP contribution in [-0.4, -0.2) is 107 Å². The van der Waals surface area contributed by atoms with Crippen LogP contribution in [0.4, 0.5) is 0 Å². The van der Waals surface area contributed by atoms with Crippen LogP contribution in [0.25, 0.3) is 0 Å². The van der Waals surface area contributed by atoms with Crippen molar-refractivity contribution in [3.63, 3.8) is 0 Å². The van der Waals surface area contributed by atoms with Crippen LogP contribution in [0.15, 0.2) is 36.5 Å². The van der Waals surface area contributed by atoms with E-state index in [1.165, 1.54) is 38.2 Å². The first kappa shape index (κ1) is 45.3. The van der Waals surface area contributed by atoms with E-state index in [0.717, 1.165) is 51.4 Å². The number of ether oxygens (including phenoxy) is 2. The number of hydrogen-bond acceptors (Lipinski definition) is 11. The normalized spacial score (nSPS) is 23.8. The fourth-order valence-electron chi connectivity index (χ4n) is 5.28. The van der Waals surface area contributed by atoms with Crippen molar-refractivity contribution in [1.29, 1.82) is 0 Å². The van der Waals surface area contributed by atoms with Crippen molar-refractivity contribution >= 4 is 16.3 Å². The van der Waals surface area contributed by atoms with Crippen molar-refractivity contribution in [2.75, 3.05) is 13.2 Å². The molecule has 7 N–H and O–H groups in total. The zero-order chi connectivity index (χ0) is 36.5. The monoisotopic (exact) mass is 721 g/mol. The molecular formula is C35H63NO12S. The Morgan fingerprint density at radius 2 is 1.39 bits per heavy atom. The number of rotatable bonds is 28. The summed E-state index contributed by atoms with van der Waals surface area (Å²) in [5.74, 6) is -0.729. The van der Waals surface area contributed by atoms with E-state index in [2.05, 4.69) is 47.7 Å². The Labute approximate surface area is 293 Å². The molecule has 286 valence electrons. The number of carbonyl (C=O) groups is 1. The van der Waals surface area contributed by atoms with Gasteiger partial charge in [-0.05, 0) is 51.4 Å². The number of allylic oxidation sites excluding steroid dienone is 5. The van der Waals surface area contributed by atoms with Gasteiger partial charge >= 0.3 is 10.4 Å². The number of unbranched alkanes of at least 4 members (excludes halogenated alkanes) is 11. The Kier molecular flexibility index (Phi) is 25.0. The summed E-state index contributed by atoms with van der Waals surface area (Å²) in [5, 5.41) is 54.6. The molecule has 0 radical (unpaired) electrons. The van der Waals surface area contributed by atoms with Gasteiger partial charge in [-0.1, -0.05) is 102 Å². The quantitative estimate of drug-likeness (QED) is 0.0350. The summed E-state index contributed by atoms with van der Waals surface area (Å²) in [6, 6.07) is -1.14. The van der Waals surface area contributed by atoms with Crippen LogP contribution in [0.5, 0.6) is 0 Å². The topological polar surface area (TPSA) is 212 Å². The summed E-state index contributed by atoms with van der Waals surface area (Å²) in [7, 11) is -5.11. The van der Waals surface area contributed by atoms with Gasteiger partial charge in [0.15, 0.2) is 6.29 Å². The number of nitrogens with one attached hydrogen (secondary N) is 1. The predicted molar refractivity (Wildman–Crippen MR) is 187 cm³/mol. The standard InChI is InChI=1S/C35H63NO12S/c1-3-5-7-9-11-13-15-17-19-21-23-28(38)27(36-34(42)29(39)24-22-20-18-16-14-12-10-8-6-4-2)26-46-35-32(41)33(48-49(43,44)45)31(40)30(25-37)47-35/h10,12-13,15,21,23,27-33,35,37-41H,3-9,11,14,16-20,22,24-26H2,1-2H3,(H,36,42)(H,43,44,45)/b12-10-,15-13+,23-21+. The molecule has 49 heavy (non-hydrogen) atoms. The average Bonchev–Trinajstić information content (AvgIpc) is 3.06. The minimum absolute atomic E-state index is 0.220. The SMILES string of the molecule is CCCC/C=C\CCCCCCC(O)C(=O)NC(COC1OC(CO)C(O)C(OS(=O)(=O)O)C1O)C(O)/C=C/CC/C=C/CCCCCC.